The molecule has 0 aromatic rings. The predicted octanol–water partition coefficient (Wildman–Crippen LogP) is 2.74. The van der Waals surface area contributed by atoms with E-state index in [1.807, 2.05) is 0 Å². The Hall–Kier alpha value is -0.340. The highest BCUT2D eigenvalue weighted by Gasteiger charge is 2.34. The van der Waals surface area contributed by atoms with Crippen LogP contribution in [0.15, 0.2) is 11.6 Å². The topological polar surface area (TPSA) is 18.5 Å². The van der Waals surface area contributed by atoms with Crippen LogP contribution >= 0.6 is 0 Å². The van der Waals surface area contributed by atoms with E-state index in [9.17, 15) is 0 Å². The lowest BCUT2D eigenvalue weighted by atomic mass is 9.82. The lowest BCUT2D eigenvalue weighted by Crippen LogP contribution is -2.29. The standard InChI is InChI=1S/C12H20O2/c1-8-4-5-11(9(2)6-8)12-13-7-10(3)14-12/h6,9-12H,4-5,7H2,1-3H3. The second-order valence-corrected chi connectivity index (χ2v) is 4.72. The van der Waals surface area contributed by atoms with Gasteiger partial charge in [-0.15, -0.1) is 0 Å². The van der Waals surface area contributed by atoms with Crippen LogP contribution in [0.2, 0.25) is 0 Å². The predicted molar refractivity (Wildman–Crippen MR) is 55.9 cm³/mol. The van der Waals surface area contributed by atoms with Gasteiger partial charge in [0.05, 0.1) is 12.7 Å². The summed E-state index contributed by atoms with van der Waals surface area (Å²) in [5.41, 5.74) is 1.51. The number of hydrogen-bond donors (Lipinski definition) is 0. The average Bonchev–Trinajstić information content (AvgIpc) is 2.51. The van der Waals surface area contributed by atoms with E-state index in [2.05, 4.69) is 26.8 Å². The first-order valence-corrected chi connectivity index (χ1v) is 5.61. The van der Waals surface area contributed by atoms with Crippen LogP contribution in [0.4, 0.5) is 0 Å². The molecule has 0 spiro atoms. The molecule has 0 saturated carbocycles. The van der Waals surface area contributed by atoms with Crippen LogP contribution in [0, 0.1) is 11.8 Å². The summed E-state index contributed by atoms with van der Waals surface area (Å²) in [6, 6.07) is 0. The summed E-state index contributed by atoms with van der Waals surface area (Å²) >= 11 is 0. The molecule has 0 bridgehead atoms. The monoisotopic (exact) mass is 196 g/mol. The van der Waals surface area contributed by atoms with E-state index in [0.29, 0.717) is 11.8 Å². The summed E-state index contributed by atoms with van der Waals surface area (Å²) in [6.45, 7) is 7.32. The van der Waals surface area contributed by atoms with Crippen molar-refractivity contribution >= 4 is 0 Å². The smallest absolute Gasteiger partial charge is 0.161 e. The minimum absolute atomic E-state index is 0.0457. The van der Waals surface area contributed by atoms with E-state index in [-0.39, 0.29) is 12.4 Å². The van der Waals surface area contributed by atoms with Gasteiger partial charge in [-0.05, 0) is 32.6 Å². The molecule has 0 radical (unpaired) electrons. The zero-order valence-electron chi connectivity index (χ0n) is 9.32. The van der Waals surface area contributed by atoms with E-state index in [0.717, 1.165) is 6.61 Å². The molecule has 4 atom stereocenters. The molecule has 2 aliphatic rings. The Kier molecular flexibility index (Phi) is 2.93. The first kappa shape index (κ1) is 10.2. The van der Waals surface area contributed by atoms with E-state index in [4.69, 9.17) is 9.47 Å². The molecular weight excluding hydrogens is 176 g/mol. The van der Waals surface area contributed by atoms with Crippen molar-refractivity contribution in [1.82, 2.24) is 0 Å². The molecular formula is C12H20O2. The fourth-order valence-electron chi connectivity index (χ4n) is 2.46. The van der Waals surface area contributed by atoms with Gasteiger partial charge < -0.3 is 9.47 Å². The molecule has 1 aliphatic carbocycles. The molecule has 1 saturated heterocycles. The Balaban J connectivity index is 1.98. The number of hydrogen-bond acceptors (Lipinski definition) is 2. The summed E-state index contributed by atoms with van der Waals surface area (Å²) in [5.74, 6) is 1.16. The average molecular weight is 196 g/mol. The number of rotatable bonds is 1. The van der Waals surface area contributed by atoms with Gasteiger partial charge in [0, 0.05) is 5.92 Å². The third kappa shape index (κ3) is 2.01. The highest BCUT2D eigenvalue weighted by molar-refractivity contribution is 5.06. The van der Waals surface area contributed by atoms with Crippen LogP contribution in [0.3, 0.4) is 0 Å². The van der Waals surface area contributed by atoms with E-state index >= 15 is 0 Å². The van der Waals surface area contributed by atoms with Crippen molar-refractivity contribution < 1.29 is 9.47 Å². The van der Waals surface area contributed by atoms with Gasteiger partial charge in [-0.3, -0.25) is 0 Å². The first-order chi connectivity index (χ1) is 6.66. The summed E-state index contributed by atoms with van der Waals surface area (Å²) in [5, 5.41) is 0. The fourth-order valence-corrected chi connectivity index (χ4v) is 2.46. The SMILES string of the molecule is CC1=CC(C)C(C2OCC(C)O2)CC1. The summed E-state index contributed by atoms with van der Waals surface area (Å²) in [7, 11) is 0. The van der Waals surface area contributed by atoms with E-state index in [1.165, 1.54) is 18.4 Å². The highest BCUT2D eigenvalue weighted by atomic mass is 16.7. The molecule has 1 aliphatic heterocycles. The lowest BCUT2D eigenvalue weighted by molar-refractivity contribution is -0.106. The minimum Gasteiger partial charge on any atom is -0.350 e. The van der Waals surface area contributed by atoms with Gasteiger partial charge >= 0.3 is 0 Å². The van der Waals surface area contributed by atoms with Gasteiger partial charge in [0.15, 0.2) is 6.29 Å². The van der Waals surface area contributed by atoms with Gasteiger partial charge in [-0.1, -0.05) is 18.6 Å². The lowest BCUT2D eigenvalue weighted by Gasteiger charge is -2.30. The normalized spacial score (nSPS) is 43.8. The van der Waals surface area contributed by atoms with Crippen molar-refractivity contribution in [3.8, 4) is 0 Å². The van der Waals surface area contributed by atoms with E-state index < -0.39 is 0 Å². The number of allylic oxidation sites excluding steroid dienone is 2. The van der Waals surface area contributed by atoms with Gasteiger partial charge in [0.1, 0.15) is 0 Å². The van der Waals surface area contributed by atoms with Crippen LogP contribution in [-0.2, 0) is 9.47 Å². The van der Waals surface area contributed by atoms with Crippen molar-refractivity contribution in [1.29, 1.82) is 0 Å². The van der Waals surface area contributed by atoms with Crippen molar-refractivity contribution in [3.05, 3.63) is 11.6 Å². The Morgan fingerprint density at radius 1 is 1.36 bits per heavy atom. The van der Waals surface area contributed by atoms with Crippen LogP contribution < -0.4 is 0 Å². The quantitative estimate of drug-likeness (QED) is 0.600. The van der Waals surface area contributed by atoms with Gasteiger partial charge in [0.25, 0.3) is 0 Å². The number of ether oxygens (including phenoxy) is 2. The molecule has 4 unspecified atom stereocenters. The molecule has 0 aromatic heterocycles. The Morgan fingerprint density at radius 2 is 2.14 bits per heavy atom. The van der Waals surface area contributed by atoms with Crippen molar-refractivity contribution in [2.75, 3.05) is 6.61 Å². The molecule has 1 heterocycles. The zero-order chi connectivity index (χ0) is 10.1. The third-order valence-corrected chi connectivity index (χ3v) is 3.31. The largest absolute Gasteiger partial charge is 0.350 e. The van der Waals surface area contributed by atoms with Crippen LogP contribution in [0.1, 0.15) is 33.6 Å². The maximum Gasteiger partial charge on any atom is 0.161 e. The molecule has 80 valence electrons. The molecule has 2 rings (SSSR count). The first-order valence-electron chi connectivity index (χ1n) is 5.61. The molecule has 1 fully saturated rings. The second kappa shape index (κ2) is 4.03. The molecule has 0 amide bonds. The molecule has 14 heavy (non-hydrogen) atoms. The van der Waals surface area contributed by atoms with Crippen molar-refractivity contribution in [2.24, 2.45) is 11.8 Å². The van der Waals surface area contributed by atoms with Crippen LogP contribution in [-0.4, -0.2) is 19.0 Å². The highest BCUT2D eigenvalue weighted by Crippen LogP contribution is 2.34. The Bertz CT molecular complexity index is 234. The third-order valence-electron chi connectivity index (χ3n) is 3.31. The molecule has 2 heteroatoms. The maximum atomic E-state index is 5.75. The van der Waals surface area contributed by atoms with Crippen molar-refractivity contribution in [2.45, 2.75) is 46.0 Å². The summed E-state index contributed by atoms with van der Waals surface area (Å²) in [4.78, 5) is 0. The molecule has 0 N–H and O–H groups in total. The van der Waals surface area contributed by atoms with Crippen LogP contribution in [0.25, 0.3) is 0 Å². The Labute approximate surface area is 86.3 Å². The second-order valence-electron chi connectivity index (χ2n) is 4.72. The van der Waals surface area contributed by atoms with Gasteiger partial charge in [-0.25, -0.2) is 0 Å². The minimum atomic E-state index is 0.0457. The molecule has 2 nitrogen and oxygen atoms in total. The zero-order valence-corrected chi connectivity index (χ0v) is 9.32. The summed E-state index contributed by atoms with van der Waals surface area (Å²) in [6.07, 6.45) is 5.10. The molecule has 0 aromatic carbocycles. The van der Waals surface area contributed by atoms with Crippen molar-refractivity contribution in [3.63, 3.8) is 0 Å². The van der Waals surface area contributed by atoms with Gasteiger partial charge in [0.2, 0.25) is 0 Å². The Morgan fingerprint density at radius 3 is 2.71 bits per heavy atom. The van der Waals surface area contributed by atoms with Gasteiger partial charge in [-0.2, -0.15) is 0 Å². The fraction of sp³-hybridized carbons (Fsp3) is 0.833. The van der Waals surface area contributed by atoms with Crippen LogP contribution in [0.5, 0.6) is 0 Å². The summed E-state index contributed by atoms with van der Waals surface area (Å²) < 4.78 is 11.4. The van der Waals surface area contributed by atoms with E-state index in [1.54, 1.807) is 0 Å². The maximum absolute atomic E-state index is 5.75.